The van der Waals surface area contributed by atoms with Gasteiger partial charge in [-0.25, -0.2) is 0 Å². The van der Waals surface area contributed by atoms with Crippen molar-refractivity contribution in [3.8, 4) is 11.1 Å². The van der Waals surface area contributed by atoms with Crippen LogP contribution in [0.4, 0.5) is 0 Å². The van der Waals surface area contributed by atoms with Gasteiger partial charge in [0.05, 0.1) is 18.8 Å². The van der Waals surface area contributed by atoms with Gasteiger partial charge < -0.3 is 29.7 Å². The van der Waals surface area contributed by atoms with E-state index in [0.717, 1.165) is 52.8 Å². The Kier molecular flexibility index (Phi) is 12.4. The van der Waals surface area contributed by atoms with E-state index in [1.165, 1.54) is 0 Å². The van der Waals surface area contributed by atoms with E-state index < -0.39 is 17.9 Å². The molecular formula is C40H50N2O8. The number of aliphatic carboxylic acids is 1. The first kappa shape index (κ1) is 37.2. The molecule has 268 valence electrons. The first-order valence-corrected chi connectivity index (χ1v) is 17.6. The second-order valence-corrected chi connectivity index (χ2v) is 14.4. The zero-order valence-electron chi connectivity index (χ0n) is 29.5. The molecule has 0 aliphatic carbocycles. The van der Waals surface area contributed by atoms with Crippen molar-refractivity contribution in [1.82, 2.24) is 10.2 Å². The van der Waals surface area contributed by atoms with Gasteiger partial charge >= 0.3 is 11.9 Å². The molecule has 50 heavy (non-hydrogen) atoms. The number of carboxylic acids is 1. The number of rotatable bonds is 13. The van der Waals surface area contributed by atoms with Gasteiger partial charge in [-0.1, -0.05) is 73.7 Å². The molecule has 0 saturated carbocycles. The van der Waals surface area contributed by atoms with Crippen molar-refractivity contribution in [3.05, 3.63) is 95.1 Å². The molecule has 2 aliphatic rings. The molecule has 10 nitrogen and oxygen atoms in total. The molecule has 5 atom stereocenters. The van der Waals surface area contributed by atoms with Gasteiger partial charge in [-0.2, -0.15) is 0 Å². The van der Waals surface area contributed by atoms with Crippen molar-refractivity contribution in [2.24, 2.45) is 5.92 Å². The summed E-state index contributed by atoms with van der Waals surface area (Å²) >= 11 is 0. The van der Waals surface area contributed by atoms with Crippen LogP contribution in [0.1, 0.15) is 94.4 Å². The van der Waals surface area contributed by atoms with E-state index in [4.69, 9.17) is 19.3 Å². The number of ether oxygens (including phenoxy) is 3. The number of aliphatic hydroxyl groups excluding tert-OH is 1. The number of nitrogens with zero attached hydrogens (tertiary/aromatic N) is 1. The Morgan fingerprint density at radius 1 is 0.920 bits per heavy atom. The van der Waals surface area contributed by atoms with Crippen molar-refractivity contribution >= 4 is 17.8 Å². The number of carbonyl (C=O) groups excluding carboxylic acids is 2. The SMILES string of the molecule is C[C@H]1[C@@H](CN2CCC[C@H]2C(=O)OC(C)(C)C)O[C@@H](c2ccc(-c3cccc(CNC(=O)CCCC(=O)O)c3)cc2)O[C@H]1c1ccc(CO)cc1. The summed E-state index contributed by atoms with van der Waals surface area (Å²) in [6, 6.07) is 23.5. The molecule has 2 saturated heterocycles. The third-order valence-corrected chi connectivity index (χ3v) is 9.31. The zero-order valence-corrected chi connectivity index (χ0v) is 29.5. The number of nitrogens with one attached hydrogen (secondary N) is 1. The normalized spacial score (nSPS) is 22.6. The second kappa shape index (κ2) is 16.7. The number of aliphatic hydroxyl groups is 1. The summed E-state index contributed by atoms with van der Waals surface area (Å²) in [5, 5.41) is 21.3. The highest BCUT2D eigenvalue weighted by molar-refractivity contribution is 5.77. The molecule has 1 amide bonds. The third-order valence-electron chi connectivity index (χ3n) is 9.31. The molecule has 3 aromatic carbocycles. The van der Waals surface area contributed by atoms with Crippen molar-refractivity contribution in [1.29, 1.82) is 0 Å². The van der Waals surface area contributed by atoms with Crippen LogP contribution in [0.5, 0.6) is 0 Å². The third kappa shape index (κ3) is 10.0. The molecule has 0 unspecified atom stereocenters. The number of likely N-dealkylation sites (tertiary alicyclic amines) is 1. The average Bonchev–Trinajstić information content (AvgIpc) is 3.56. The number of esters is 1. The summed E-state index contributed by atoms with van der Waals surface area (Å²) in [7, 11) is 0. The Morgan fingerprint density at radius 3 is 2.32 bits per heavy atom. The smallest absolute Gasteiger partial charge is 0.323 e. The molecule has 2 heterocycles. The molecule has 3 aromatic rings. The Bertz CT molecular complexity index is 1600. The van der Waals surface area contributed by atoms with Gasteiger partial charge in [-0.3, -0.25) is 19.3 Å². The molecule has 10 heteroatoms. The maximum Gasteiger partial charge on any atom is 0.323 e. The van der Waals surface area contributed by atoms with Gasteiger partial charge in [0.25, 0.3) is 0 Å². The first-order valence-electron chi connectivity index (χ1n) is 17.6. The van der Waals surface area contributed by atoms with Crippen LogP contribution in [-0.4, -0.2) is 63.8 Å². The molecule has 0 bridgehead atoms. The molecule has 2 aliphatic heterocycles. The fourth-order valence-corrected chi connectivity index (χ4v) is 6.62. The van der Waals surface area contributed by atoms with Crippen LogP contribution in [0.15, 0.2) is 72.8 Å². The van der Waals surface area contributed by atoms with Crippen LogP contribution in [0, 0.1) is 5.92 Å². The van der Waals surface area contributed by atoms with Gasteiger partial charge in [0.15, 0.2) is 6.29 Å². The summed E-state index contributed by atoms with van der Waals surface area (Å²) in [6.07, 6.45) is 0.986. The summed E-state index contributed by atoms with van der Waals surface area (Å²) in [5.74, 6) is -1.30. The Morgan fingerprint density at radius 2 is 1.64 bits per heavy atom. The molecule has 0 spiro atoms. The van der Waals surface area contributed by atoms with E-state index in [-0.39, 0.29) is 55.5 Å². The van der Waals surface area contributed by atoms with Gasteiger partial charge in [0.2, 0.25) is 5.91 Å². The van der Waals surface area contributed by atoms with E-state index in [2.05, 4.69) is 17.1 Å². The maximum absolute atomic E-state index is 13.1. The predicted molar refractivity (Wildman–Crippen MR) is 189 cm³/mol. The first-order chi connectivity index (χ1) is 23.9. The summed E-state index contributed by atoms with van der Waals surface area (Å²) in [4.78, 5) is 38.2. The summed E-state index contributed by atoms with van der Waals surface area (Å²) in [6.45, 7) is 9.48. The van der Waals surface area contributed by atoms with Gasteiger partial charge in [0, 0.05) is 37.4 Å². The Hall–Kier alpha value is -4.09. The number of carboxylic acid groups (broad SMARTS) is 1. The summed E-state index contributed by atoms with van der Waals surface area (Å²) < 4.78 is 19.1. The molecule has 0 radical (unpaired) electrons. The standard InChI is InChI=1S/C40H50N2O8/c1-26-34(24-42-21-7-10-33(42)38(47)50-40(2,3)4)48-39(49-37(26)30-15-13-27(25-43)14-16-30)31-19-17-29(18-20-31)32-9-5-8-28(22-32)23-41-35(44)11-6-12-36(45)46/h5,8-9,13-20,22,26,33-34,37,39,43H,6-7,10-12,21,23-25H2,1-4H3,(H,41,44)(H,45,46)/t26-,33-,34+,37+,39+/m0/s1. The highest BCUT2D eigenvalue weighted by Gasteiger charge is 2.42. The quantitative estimate of drug-likeness (QED) is 0.177. The molecule has 5 rings (SSSR count). The van der Waals surface area contributed by atoms with E-state index in [1.807, 2.05) is 93.6 Å². The van der Waals surface area contributed by atoms with E-state index >= 15 is 0 Å². The number of hydrogen-bond acceptors (Lipinski definition) is 8. The van der Waals surface area contributed by atoms with Crippen LogP contribution in [0.3, 0.4) is 0 Å². The van der Waals surface area contributed by atoms with Crippen molar-refractivity contribution in [3.63, 3.8) is 0 Å². The van der Waals surface area contributed by atoms with Gasteiger partial charge in [0.1, 0.15) is 11.6 Å². The van der Waals surface area contributed by atoms with Crippen molar-refractivity contribution in [2.45, 2.75) is 103 Å². The van der Waals surface area contributed by atoms with Crippen LogP contribution in [0.25, 0.3) is 11.1 Å². The fraction of sp³-hybridized carbons (Fsp3) is 0.475. The highest BCUT2D eigenvalue weighted by Crippen LogP contribution is 2.42. The van der Waals surface area contributed by atoms with Crippen molar-refractivity contribution < 1.29 is 38.8 Å². The highest BCUT2D eigenvalue weighted by atomic mass is 16.7. The van der Waals surface area contributed by atoms with Crippen LogP contribution < -0.4 is 5.32 Å². The lowest BCUT2D eigenvalue weighted by molar-refractivity contribution is -0.276. The number of hydrogen-bond donors (Lipinski definition) is 3. The predicted octanol–water partition coefficient (Wildman–Crippen LogP) is 6.31. The Balaban J connectivity index is 1.31. The van der Waals surface area contributed by atoms with Crippen LogP contribution >= 0.6 is 0 Å². The monoisotopic (exact) mass is 686 g/mol. The van der Waals surface area contributed by atoms with Gasteiger partial charge in [-0.15, -0.1) is 0 Å². The number of benzene rings is 3. The second-order valence-electron chi connectivity index (χ2n) is 14.4. The maximum atomic E-state index is 13.1. The average molecular weight is 687 g/mol. The number of amides is 1. The van der Waals surface area contributed by atoms with E-state index in [1.54, 1.807) is 0 Å². The van der Waals surface area contributed by atoms with Crippen LogP contribution in [0.2, 0.25) is 0 Å². The lowest BCUT2D eigenvalue weighted by Gasteiger charge is -2.43. The minimum atomic E-state index is -0.906. The van der Waals surface area contributed by atoms with E-state index in [9.17, 15) is 19.5 Å². The molecule has 3 N–H and O–H groups in total. The minimum Gasteiger partial charge on any atom is -0.481 e. The summed E-state index contributed by atoms with van der Waals surface area (Å²) in [5.41, 5.74) is 5.08. The zero-order chi connectivity index (χ0) is 35.8. The topological polar surface area (TPSA) is 135 Å². The van der Waals surface area contributed by atoms with Crippen LogP contribution in [-0.2, 0) is 41.7 Å². The Labute approximate surface area is 294 Å². The lowest BCUT2D eigenvalue weighted by Crippen LogP contribution is -2.48. The van der Waals surface area contributed by atoms with Crippen molar-refractivity contribution in [2.75, 3.05) is 13.1 Å². The fourth-order valence-electron chi connectivity index (χ4n) is 6.62. The molecule has 2 fully saturated rings. The number of carbonyl (C=O) groups is 3. The largest absolute Gasteiger partial charge is 0.481 e. The lowest BCUT2D eigenvalue weighted by atomic mass is 9.89. The minimum absolute atomic E-state index is 0.0224. The van der Waals surface area contributed by atoms with Gasteiger partial charge in [-0.05, 0) is 80.5 Å². The van der Waals surface area contributed by atoms with E-state index in [0.29, 0.717) is 19.5 Å². The molecular weight excluding hydrogens is 636 g/mol. The molecule has 0 aromatic heterocycles.